The zero-order valence-electron chi connectivity index (χ0n) is 14.7. The fourth-order valence-electron chi connectivity index (χ4n) is 2.30. The summed E-state index contributed by atoms with van der Waals surface area (Å²) in [5.41, 5.74) is 2.75. The van der Waals surface area contributed by atoms with Crippen LogP contribution in [0.4, 0.5) is 5.69 Å². The highest BCUT2D eigenvalue weighted by Gasteiger charge is 2.07. The number of rotatable bonds is 6. The lowest BCUT2D eigenvalue weighted by atomic mass is 10.2. The number of hydrogen-bond acceptors (Lipinski definition) is 3. The first kappa shape index (κ1) is 17.5. The summed E-state index contributed by atoms with van der Waals surface area (Å²) >= 11 is 0. The van der Waals surface area contributed by atoms with E-state index in [0.717, 1.165) is 22.6 Å². The molecule has 0 heterocycles. The third-order valence-corrected chi connectivity index (χ3v) is 3.63. The maximum absolute atomic E-state index is 5.98. The highest BCUT2D eigenvalue weighted by atomic mass is 16.5. The molecule has 3 nitrogen and oxygen atoms in total. The molecule has 0 unspecified atom stereocenters. The van der Waals surface area contributed by atoms with E-state index in [1.54, 1.807) is 6.26 Å². The van der Waals surface area contributed by atoms with Gasteiger partial charge in [-0.3, -0.25) is 0 Å². The van der Waals surface area contributed by atoms with Crippen LogP contribution in [0.5, 0.6) is 5.75 Å². The zero-order valence-corrected chi connectivity index (χ0v) is 14.7. The van der Waals surface area contributed by atoms with Crippen LogP contribution in [0.25, 0.3) is 0 Å². The van der Waals surface area contributed by atoms with Crippen LogP contribution in [-0.4, -0.2) is 5.90 Å². The molecule has 0 bridgehead atoms. The number of aliphatic imine (C=N–C) groups is 1. The van der Waals surface area contributed by atoms with Crippen molar-refractivity contribution >= 4 is 11.6 Å². The lowest BCUT2D eigenvalue weighted by Crippen LogP contribution is -2.10. The quantitative estimate of drug-likeness (QED) is 0.316. The van der Waals surface area contributed by atoms with Gasteiger partial charge in [-0.15, -0.1) is 0 Å². The Morgan fingerprint density at radius 1 is 0.808 bits per heavy atom. The molecule has 0 fully saturated rings. The summed E-state index contributed by atoms with van der Waals surface area (Å²) in [6.45, 7) is 2.43. The van der Waals surface area contributed by atoms with Gasteiger partial charge in [-0.05, 0) is 36.8 Å². The van der Waals surface area contributed by atoms with E-state index in [1.807, 2.05) is 97.9 Å². The Labute approximate surface area is 154 Å². The Kier molecular flexibility index (Phi) is 6.21. The second-order valence-corrected chi connectivity index (χ2v) is 5.77. The van der Waals surface area contributed by atoms with Crippen molar-refractivity contribution in [3.63, 3.8) is 0 Å². The van der Waals surface area contributed by atoms with Crippen molar-refractivity contribution in [2.75, 3.05) is 0 Å². The highest BCUT2D eigenvalue weighted by Crippen LogP contribution is 2.17. The SMILES string of the molecule is CC(=COCc1ccccc1)C(=Nc1ccccc1)Oc1ccccc1. The van der Waals surface area contributed by atoms with Crippen LogP contribution in [0.2, 0.25) is 0 Å². The summed E-state index contributed by atoms with van der Waals surface area (Å²) in [5, 5.41) is 0. The molecule has 0 aliphatic heterocycles. The van der Waals surface area contributed by atoms with Crippen LogP contribution in [0.3, 0.4) is 0 Å². The van der Waals surface area contributed by atoms with Crippen molar-refractivity contribution < 1.29 is 9.47 Å². The topological polar surface area (TPSA) is 30.8 Å². The van der Waals surface area contributed by atoms with E-state index in [1.165, 1.54) is 0 Å². The molecular formula is C23H21NO2. The molecule has 3 aromatic rings. The van der Waals surface area contributed by atoms with Crippen LogP contribution >= 0.6 is 0 Å². The van der Waals surface area contributed by atoms with Gasteiger partial charge in [-0.25, -0.2) is 4.99 Å². The minimum Gasteiger partial charge on any atom is -0.496 e. The molecule has 26 heavy (non-hydrogen) atoms. The molecule has 130 valence electrons. The Morgan fingerprint density at radius 3 is 2.04 bits per heavy atom. The highest BCUT2D eigenvalue weighted by molar-refractivity contribution is 5.96. The average Bonchev–Trinajstić information content (AvgIpc) is 2.70. The van der Waals surface area contributed by atoms with Gasteiger partial charge in [-0.1, -0.05) is 66.7 Å². The fourth-order valence-corrected chi connectivity index (χ4v) is 2.30. The minimum atomic E-state index is 0.502. The molecule has 0 aromatic heterocycles. The van der Waals surface area contributed by atoms with Crippen molar-refractivity contribution in [1.82, 2.24) is 0 Å². The van der Waals surface area contributed by atoms with E-state index in [2.05, 4.69) is 4.99 Å². The predicted octanol–water partition coefficient (Wildman–Crippen LogP) is 5.92. The number of hydrogen-bond donors (Lipinski definition) is 0. The second-order valence-electron chi connectivity index (χ2n) is 5.77. The second kappa shape index (κ2) is 9.23. The molecule has 3 rings (SSSR count). The Bertz CT molecular complexity index is 856. The number of benzene rings is 3. The molecule has 0 N–H and O–H groups in total. The van der Waals surface area contributed by atoms with Gasteiger partial charge >= 0.3 is 0 Å². The summed E-state index contributed by atoms with van der Waals surface area (Å²) in [6.07, 6.45) is 1.69. The van der Waals surface area contributed by atoms with E-state index >= 15 is 0 Å². The molecule has 0 saturated heterocycles. The van der Waals surface area contributed by atoms with E-state index in [9.17, 15) is 0 Å². The van der Waals surface area contributed by atoms with Crippen LogP contribution in [0, 0.1) is 0 Å². The molecular weight excluding hydrogens is 322 g/mol. The maximum atomic E-state index is 5.98. The molecule has 0 aliphatic rings. The van der Waals surface area contributed by atoms with Gasteiger partial charge in [0.15, 0.2) is 0 Å². The lowest BCUT2D eigenvalue weighted by molar-refractivity contribution is 0.234. The van der Waals surface area contributed by atoms with Gasteiger partial charge in [0.05, 0.1) is 11.9 Å². The zero-order chi connectivity index (χ0) is 18.0. The maximum Gasteiger partial charge on any atom is 0.225 e. The smallest absolute Gasteiger partial charge is 0.225 e. The van der Waals surface area contributed by atoms with Gasteiger partial charge in [-0.2, -0.15) is 0 Å². The summed E-state index contributed by atoms with van der Waals surface area (Å²) in [7, 11) is 0. The van der Waals surface area contributed by atoms with E-state index in [-0.39, 0.29) is 0 Å². The standard InChI is InChI=1S/C23H21NO2/c1-19(17-25-18-20-11-5-2-6-12-20)23(24-21-13-7-3-8-14-21)26-22-15-9-4-10-16-22/h2-17H,18H2,1H3. The van der Waals surface area contributed by atoms with Gasteiger partial charge < -0.3 is 9.47 Å². The third-order valence-electron chi connectivity index (χ3n) is 3.63. The van der Waals surface area contributed by atoms with Crippen LogP contribution in [-0.2, 0) is 11.3 Å². The molecule has 0 atom stereocenters. The predicted molar refractivity (Wildman–Crippen MR) is 106 cm³/mol. The van der Waals surface area contributed by atoms with Crippen molar-refractivity contribution in [2.45, 2.75) is 13.5 Å². The van der Waals surface area contributed by atoms with Crippen molar-refractivity contribution in [2.24, 2.45) is 4.99 Å². The van der Waals surface area contributed by atoms with E-state index < -0.39 is 0 Å². The van der Waals surface area contributed by atoms with Gasteiger partial charge in [0, 0.05) is 5.57 Å². The molecule has 0 saturated carbocycles. The average molecular weight is 343 g/mol. The number of para-hydroxylation sites is 2. The van der Waals surface area contributed by atoms with Crippen LogP contribution in [0.15, 0.2) is 108 Å². The normalized spacial score (nSPS) is 11.9. The number of ether oxygens (including phenoxy) is 2. The first-order chi connectivity index (χ1) is 12.8. The molecule has 0 radical (unpaired) electrons. The summed E-state index contributed by atoms with van der Waals surface area (Å²) in [4.78, 5) is 4.63. The van der Waals surface area contributed by atoms with Gasteiger partial charge in [0.2, 0.25) is 5.90 Å². The van der Waals surface area contributed by atoms with Crippen LogP contribution in [0.1, 0.15) is 12.5 Å². The largest absolute Gasteiger partial charge is 0.496 e. The first-order valence-electron chi connectivity index (χ1n) is 8.50. The molecule has 0 spiro atoms. The molecule has 3 heteroatoms. The van der Waals surface area contributed by atoms with Crippen molar-refractivity contribution in [3.05, 3.63) is 108 Å². The molecule has 0 aliphatic carbocycles. The molecule has 0 amide bonds. The van der Waals surface area contributed by atoms with Crippen molar-refractivity contribution in [3.8, 4) is 5.75 Å². The number of nitrogens with zero attached hydrogens (tertiary/aromatic N) is 1. The Morgan fingerprint density at radius 2 is 1.38 bits per heavy atom. The van der Waals surface area contributed by atoms with E-state index in [0.29, 0.717) is 12.5 Å². The first-order valence-corrected chi connectivity index (χ1v) is 8.50. The summed E-state index contributed by atoms with van der Waals surface area (Å²) in [5.74, 6) is 1.24. The monoisotopic (exact) mass is 343 g/mol. The Hall–Kier alpha value is -3.33. The van der Waals surface area contributed by atoms with Gasteiger partial charge in [0.1, 0.15) is 12.4 Å². The van der Waals surface area contributed by atoms with Crippen LogP contribution < -0.4 is 4.74 Å². The fraction of sp³-hybridized carbons (Fsp3) is 0.0870. The van der Waals surface area contributed by atoms with Gasteiger partial charge in [0.25, 0.3) is 0 Å². The Balaban J connectivity index is 1.77. The summed E-state index contributed by atoms with van der Waals surface area (Å²) < 4.78 is 11.7. The lowest BCUT2D eigenvalue weighted by Gasteiger charge is -2.10. The summed E-state index contributed by atoms with van der Waals surface area (Å²) in [6, 6.07) is 29.4. The van der Waals surface area contributed by atoms with Crippen molar-refractivity contribution in [1.29, 1.82) is 0 Å². The minimum absolute atomic E-state index is 0.502. The molecule has 3 aromatic carbocycles. The van der Waals surface area contributed by atoms with E-state index in [4.69, 9.17) is 9.47 Å². The third kappa shape index (κ3) is 5.35.